The largest absolute Gasteiger partial charge is 0.483 e. The second-order valence-electron chi connectivity index (χ2n) is 5.45. The number of ether oxygens (including phenoxy) is 1. The molecule has 0 radical (unpaired) electrons. The zero-order valence-corrected chi connectivity index (χ0v) is 14.9. The average Bonchev–Trinajstić information content (AvgIpc) is 2.46. The van der Waals surface area contributed by atoms with E-state index in [0.717, 1.165) is 38.2 Å². The molecule has 0 fully saturated rings. The van der Waals surface area contributed by atoms with Crippen LogP contribution in [0.25, 0.3) is 0 Å². The Balaban J connectivity index is 2.03. The maximum atomic E-state index is 12.1. The first-order chi connectivity index (χ1) is 10.4. The van der Waals surface area contributed by atoms with Crippen molar-refractivity contribution in [1.82, 2.24) is 0 Å². The molecular weight excluding hydrogens is 342 g/mol. The smallest absolute Gasteiger partial charge is 0.262 e. The summed E-state index contributed by atoms with van der Waals surface area (Å²) in [5, 5.41) is 2.88. The Bertz CT molecular complexity index is 710. The summed E-state index contributed by atoms with van der Waals surface area (Å²) in [6.45, 7) is 7.98. The fourth-order valence-corrected chi connectivity index (χ4v) is 2.71. The van der Waals surface area contributed by atoms with Gasteiger partial charge in [-0.3, -0.25) is 4.79 Å². The summed E-state index contributed by atoms with van der Waals surface area (Å²) in [6, 6.07) is 9.81. The minimum Gasteiger partial charge on any atom is -0.483 e. The number of carbonyl (C=O) groups is 1. The summed E-state index contributed by atoms with van der Waals surface area (Å²) < 4.78 is 6.72. The third-order valence-electron chi connectivity index (χ3n) is 3.68. The van der Waals surface area contributed by atoms with Crippen molar-refractivity contribution in [2.75, 3.05) is 11.9 Å². The summed E-state index contributed by atoms with van der Waals surface area (Å²) in [6.07, 6.45) is 0. The van der Waals surface area contributed by atoms with Crippen LogP contribution in [0.4, 0.5) is 5.69 Å². The fourth-order valence-electron chi connectivity index (χ4n) is 2.24. The molecule has 2 aromatic carbocycles. The Morgan fingerprint density at radius 3 is 2.41 bits per heavy atom. The van der Waals surface area contributed by atoms with Crippen LogP contribution >= 0.6 is 15.9 Å². The first-order valence-electron chi connectivity index (χ1n) is 7.14. The molecule has 1 N–H and O–H groups in total. The highest BCUT2D eigenvalue weighted by atomic mass is 79.9. The Morgan fingerprint density at radius 2 is 1.73 bits per heavy atom. The van der Waals surface area contributed by atoms with Crippen molar-refractivity contribution in [3.63, 3.8) is 0 Å². The summed E-state index contributed by atoms with van der Waals surface area (Å²) >= 11 is 3.41. The van der Waals surface area contributed by atoms with Crippen LogP contribution in [-0.4, -0.2) is 12.5 Å². The van der Waals surface area contributed by atoms with E-state index in [2.05, 4.69) is 27.3 Å². The first kappa shape index (κ1) is 16.6. The maximum Gasteiger partial charge on any atom is 0.262 e. The molecule has 0 unspecified atom stereocenters. The molecule has 3 nitrogen and oxygen atoms in total. The Kier molecular flexibility index (Phi) is 5.24. The molecule has 0 saturated carbocycles. The monoisotopic (exact) mass is 361 g/mol. The summed E-state index contributed by atoms with van der Waals surface area (Å²) in [4.78, 5) is 12.1. The lowest BCUT2D eigenvalue weighted by atomic mass is 10.1. The molecule has 2 aromatic rings. The van der Waals surface area contributed by atoms with Crippen LogP contribution in [0.2, 0.25) is 0 Å². The topological polar surface area (TPSA) is 38.3 Å². The Morgan fingerprint density at radius 1 is 1.05 bits per heavy atom. The standard InChI is InChI=1S/C18H20BrNO2/c1-11-5-6-12(2)18(14(11)4)22-10-17(21)20-16-8-7-15(19)9-13(16)3/h5-9H,10H2,1-4H3,(H,20,21). The number of halogens is 1. The van der Waals surface area contributed by atoms with Crippen LogP contribution < -0.4 is 10.1 Å². The van der Waals surface area contributed by atoms with Crippen LogP contribution in [-0.2, 0) is 4.79 Å². The van der Waals surface area contributed by atoms with E-state index in [4.69, 9.17) is 4.74 Å². The molecule has 0 aliphatic carbocycles. The van der Waals surface area contributed by atoms with Crippen molar-refractivity contribution in [2.24, 2.45) is 0 Å². The minimum atomic E-state index is -0.161. The van der Waals surface area contributed by atoms with Crippen molar-refractivity contribution >= 4 is 27.5 Å². The molecule has 0 aliphatic rings. The van der Waals surface area contributed by atoms with Gasteiger partial charge in [-0.15, -0.1) is 0 Å². The summed E-state index contributed by atoms with van der Waals surface area (Å²) in [5.74, 6) is 0.633. The summed E-state index contributed by atoms with van der Waals surface area (Å²) in [7, 11) is 0. The minimum absolute atomic E-state index is 0.000632. The van der Waals surface area contributed by atoms with E-state index in [1.54, 1.807) is 0 Å². The molecule has 22 heavy (non-hydrogen) atoms. The van der Waals surface area contributed by atoms with Crippen LogP contribution in [0, 0.1) is 27.7 Å². The van der Waals surface area contributed by atoms with Gasteiger partial charge in [0, 0.05) is 10.2 Å². The van der Waals surface area contributed by atoms with Crippen LogP contribution in [0.5, 0.6) is 5.75 Å². The summed E-state index contributed by atoms with van der Waals surface area (Å²) in [5.41, 5.74) is 5.08. The van der Waals surface area contributed by atoms with E-state index < -0.39 is 0 Å². The SMILES string of the molecule is Cc1cc(Br)ccc1NC(=O)COc1c(C)ccc(C)c1C. The highest BCUT2D eigenvalue weighted by Crippen LogP contribution is 2.26. The van der Waals surface area contributed by atoms with Crippen molar-refractivity contribution in [1.29, 1.82) is 0 Å². The number of hydrogen-bond donors (Lipinski definition) is 1. The molecule has 0 spiro atoms. The molecule has 0 aliphatic heterocycles. The van der Waals surface area contributed by atoms with Gasteiger partial charge in [-0.1, -0.05) is 28.1 Å². The zero-order chi connectivity index (χ0) is 16.3. The number of aryl methyl sites for hydroxylation is 3. The van der Waals surface area contributed by atoms with Gasteiger partial charge in [-0.2, -0.15) is 0 Å². The number of benzene rings is 2. The fraction of sp³-hybridized carbons (Fsp3) is 0.278. The van der Waals surface area contributed by atoms with Gasteiger partial charge in [0.25, 0.3) is 5.91 Å². The second kappa shape index (κ2) is 6.97. The molecule has 0 atom stereocenters. The lowest BCUT2D eigenvalue weighted by Crippen LogP contribution is -2.21. The second-order valence-corrected chi connectivity index (χ2v) is 6.37. The van der Waals surface area contributed by atoms with E-state index >= 15 is 0 Å². The van der Waals surface area contributed by atoms with Crippen LogP contribution in [0.1, 0.15) is 22.3 Å². The predicted molar refractivity (Wildman–Crippen MR) is 93.7 cm³/mol. The molecule has 2 rings (SSSR count). The van der Waals surface area contributed by atoms with Crippen LogP contribution in [0.3, 0.4) is 0 Å². The number of anilines is 1. The van der Waals surface area contributed by atoms with E-state index in [1.165, 1.54) is 0 Å². The number of nitrogens with one attached hydrogen (secondary N) is 1. The van der Waals surface area contributed by atoms with E-state index in [0.29, 0.717) is 0 Å². The normalized spacial score (nSPS) is 10.4. The van der Waals surface area contributed by atoms with Crippen molar-refractivity contribution < 1.29 is 9.53 Å². The zero-order valence-electron chi connectivity index (χ0n) is 13.3. The van der Waals surface area contributed by atoms with Gasteiger partial charge in [0.1, 0.15) is 5.75 Å². The van der Waals surface area contributed by atoms with Gasteiger partial charge in [0.15, 0.2) is 6.61 Å². The first-order valence-corrected chi connectivity index (χ1v) is 7.93. The lowest BCUT2D eigenvalue weighted by Gasteiger charge is -2.14. The van der Waals surface area contributed by atoms with Crippen molar-refractivity contribution in [3.8, 4) is 5.75 Å². The quantitative estimate of drug-likeness (QED) is 0.856. The van der Waals surface area contributed by atoms with Crippen LogP contribution in [0.15, 0.2) is 34.8 Å². The Hall–Kier alpha value is -1.81. The highest BCUT2D eigenvalue weighted by Gasteiger charge is 2.10. The predicted octanol–water partition coefficient (Wildman–Crippen LogP) is 4.70. The molecule has 0 bridgehead atoms. The molecule has 0 saturated heterocycles. The van der Waals surface area contributed by atoms with Crippen molar-refractivity contribution in [2.45, 2.75) is 27.7 Å². The van der Waals surface area contributed by atoms with E-state index in [1.807, 2.05) is 52.0 Å². The van der Waals surface area contributed by atoms with Gasteiger partial charge in [0.2, 0.25) is 0 Å². The number of hydrogen-bond acceptors (Lipinski definition) is 2. The van der Waals surface area contributed by atoms with Gasteiger partial charge in [0.05, 0.1) is 0 Å². The number of amides is 1. The highest BCUT2D eigenvalue weighted by molar-refractivity contribution is 9.10. The third kappa shape index (κ3) is 3.89. The molecule has 116 valence electrons. The number of carbonyl (C=O) groups excluding carboxylic acids is 1. The maximum absolute atomic E-state index is 12.1. The van der Waals surface area contributed by atoms with Gasteiger partial charge in [-0.05, 0) is 68.1 Å². The van der Waals surface area contributed by atoms with Crippen molar-refractivity contribution in [3.05, 3.63) is 57.1 Å². The Labute approximate surface area is 139 Å². The van der Waals surface area contributed by atoms with Gasteiger partial charge in [-0.25, -0.2) is 0 Å². The molecule has 1 amide bonds. The lowest BCUT2D eigenvalue weighted by molar-refractivity contribution is -0.118. The molecule has 0 heterocycles. The van der Waals surface area contributed by atoms with Gasteiger partial charge < -0.3 is 10.1 Å². The van der Waals surface area contributed by atoms with E-state index in [9.17, 15) is 4.79 Å². The third-order valence-corrected chi connectivity index (χ3v) is 4.18. The van der Waals surface area contributed by atoms with Gasteiger partial charge >= 0.3 is 0 Å². The molecule has 0 aromatic heterocycles. The molecular formula is C18H20BrNO2. The average molecular weight is 362 g/mol. The van der Waals surface area contributed by atoms with E-state index in [-0.39, 0.29) is 12.5 Å². The number of rotatable bonds is 4. The molecule has 4 heteroatoms.